The highest BCUT2D eigenvalue weighted by Crippen LogP contribution is 2.37. The third kappa shape index (κ3) is 4.60. The smallest absolute Gasteiger partial charge is 0.340 e. The molecule has 1 unspecified atom stereocenters. The van der Waals surface area contributed by atoms with Crippen LogP contribution in [0.5, 0.6) is 5.06 Å². The van der Waals surface area contributed by atoms with Gasteiger partial charge < -0.3 is 4.18 Å². The number of rotatable bonds is 9. The van der Waals surface area contributed by atoms with E-state index in [2.05, 4.69) is 5.10 Å². The average molecular weight is 479 g/mol. The zero-order valence-corrected chi connectivity index (χ0v) is 19.0. The maximum absolute atomic E-state index is 12.9. The second-order valence-electron chi connectivity index (χ2n) is 6.35. The molecule has 0 aliphatic rings. The molecule has 0 bridgehead atoms. The van der Waals surface area contributed by atoms with Crippen LogP contribution in [0, 0.1) is 0 Å². The molecule has 29 heavy (non-hydrogen) atoms. The van der Waals surface area contributed by atoms with Gasteiger partial charge in [-0.3, -0.25) is 13.9 Å². The van der Waals surface area contributed by atoms with Crippen molar-refractivity contribution in [2.24, 2.45) is 0 Å². The molecule has 0 fully saturated rings. The van der Waals surface area contributed by atoms with Crippen molar-refractivity contribution in [1.82, 2.24) is 18.3 Å². The first-order valence-corrected chi connectivity index (χ1v) is 11.8. The number of nitrogens with zero attached hydrogens (tertiary/aromatic N) is 4. The first-order valence-electron chi connectivity index (χ1n) is 9.15. The van der Waals surface area contributed by atoms with E-state index in [-0.39, 0.29) is 16.3 Å². The Kier molecular flexibility index (Phi) is 7.20. The molecule has 12 heteroatoms. The summed E-state index contributed by atoms with van der Waals surface area (Å²) in [5.74, 6) is 0. The Bertz CT molecular complexity index is 1150. The van der Waals surface area contributed by atoms with E-state index in [1.54, 1.807) is 0 Å². The number of hydrogen-bond donors (Lipinski definition) is 0. The minimum absolute atomic E-state index is 0.0796. The van der Waals surface area contributed by atoms with Gasteiger partial charge in [0.05, 0.1) is 16.7 Å². The van der Waals surface area contributed by atoms with Crippen LogP contribution in [-0.2, 0) is 24.4 Å². The molecule has 3 aromatic rings. The molecule has 0 aliphatic carbocycles. The van der Waals surface area contributed by atoms with Gasteiger partial charge in [0, 0.05) is 19.2 Å². The van der Waals surface area contributed by atoms with Crippen LogP contribution in [0.25, 0.3) is 11.0 Å². The molecule has 3 rings (SSSR count). The van der Waals surface area contributed by atoms with Crippen molar-refractivity contribution in [2.75, 3.05) is 0 Å². The Morgan fingerprint density at radius 3 is 2.38 bits per heavy atom. The van der Waals surface area contributed by atoms with Gasteiger partial charge in [0.25, 0.3) is 5.56 Å². The maximum Gasteiger partial charge on any atom is 0.340 e. The van der Waals surface area contributed by atoms with Crippen LogP contribution in [0.15, 0.2) is 21.9 Å². The number of thiophene rings is 1. The zero-order chi connectivity index (χ0) is 21.1. The predicted octanol–water partition coefficient (Wildman–Crippen LogP) is 3.83. The summed E-state index contributed by atoms with van der Waals surface area (Å²) < 4.78 is 22.0. The molecule has 3 heterocycles. The van der Waals surface area contributed by atoms with Crippen LogP contribution in [0.2, 0.25) is 9.36 Å². The van der Waals surface area contributed by atoms with Crippen molar-refractivity contribution in [1.29, 1.82) is 0 Å². The van der Waals surface area contributed by atoms with E-state index in [4.69, 9.17) is 27.4 Å². The molecular formula is C17H20Cl2N4O4S2. The van der Waals surface area contributed by atoms with E-state index in [1.165, 1.54) is 21.4 Å². The molecule has 0 saturated heterocycles. The molecule has 8 nitrogen and oxygen atoms in total. The molecule has 0 radical (unpaired) electrons. The van der Waals surface area contributed by atoms with Gasteiger partial charge in [-0.1, -0.05) is 61.2 Å². The third-order valence-corrected chi connectivity index (χ3v) is 6.94. The molecule has 1 atom stereocenters. The number of fused-ring (bicyclic) bond motifs is 1. The largest absolute Gasteiger partial charge is 0.372 e. The fourth-order valence-electron chi connectivity index (χ4n) is 2.76. The number of aryl methyl sites for hydroxylation is 1. The number of halogens is 2. The molecule has 0 saturated carbocycles. The van der Waals surface area contributed by atoms with Gasteiger partial charge in [0.1, 0.15) is 4.34 Å². The minimum Gasteiger partial charge on any atom is -0.372 e. The second kappa shape index (κ2) is 9.46. The van der Waals surface area contributed by atoms with Gasteiger partial charge in [0.15, 0.2) is 10.6 Å². The average Bonchev–Trinajstić information content (AvgIpc) is 3.25. The molecule has 0 aliphatic heterocycles. The van der Waals surface area contributed by atoms with E-state index in [0.29, 0.717) is 34.4 Å². The number of unbranched alkanes of at least 4 members (excludes halogenated alkanes) is 2. The minimum atomic E-state index is -2.07. The standard InChI is InChI=1S/C17H20Cl2N4O4S2/c1-3-5-7-21-12-10-23(29(26)27-13-9-11(18)15(19)28-13)20-14(12)16(24)22(17(21)25)8-6-4-2/h9-10H,3-8H2,1-2H3. The lowest BCUT2D eigenvalue weighted by atomic mass is 10.3. The first kappa shape index (κ1) is 22.1. The zero-order valence-electron chi connectivity index (χ0n) is 15.9. The van der Waals surface area contributed by atoms with E-state index >= 15 is 0 Å². The highest BCUT2D eigenvalue weighted by Gasteiger charge is 2.19. The second-order valence-corrected chi connectivity index (χ2v) is 9.35. The molecule has 0 N–H and O–H groups in total. The van der Waals surface area contributed by atoms with Crippen molar-refractivity contribution in [3.8, 4) is 5.06 Å². The van der Waals surface area contributed by atoms with Crippen LogP contribution < -0.4 is 15.4 Å². The normalized spacial score (nSPS) is 12.6. The van der Waals surface area contributed by atoms with Crippen molar-refractivity contribution < 1.29 is 8.39 Å². The highest BCUT2D eigenvalue weighted by molar-refractivity contribution is 7.79. The lowest BCUT2D eigenvalue weighted by Gasteiger charge is -2.10. The highest BCUT2D eigenvalue weighted by atomic mass is 35.5. The molecule has 3 aromatic heterocycles. The first-order chi connectivity index (χ1) is 13.9. The third-order valence-electron chi connectivity index (χ3n) is 4.27. The monoisotopic (exact) mass is 478 g/mol. The van der Waals surface area contributed by atoms with Crippen molar-refractivity contribution in [3.05, 3.63) is 42.5 Å². The van der Waals surface area contributed by atoms with Gasteiger partial charge in [-0.05, 0) is 12.8 Å². The Morgan fingerprint density at radius 2 is 1.79 bits per heavy atom. The Labute approximate surface area is 183 Å². The molecule has 0 amide bonds. The van der Waals surface area contributed by atoms with Crippen LogP contribution in [-0.4, -0.2) is 22.5 Å². The molecule has 158 valence electrons. The van der Waals surface area contributed by atoms with Gasteiger partial charge in [-0.15, -0.1) is 5.10 Å². The summed E-state index contributed by atoms with van der Waals surface area (Å²) in [6, 6.07) is 1.45. The van der Waals surface area contributed by atoms with Gasteiger partial charge in [-0.2, -0.15) is 8.30 Å². The lowest BCUT2D eigenvalue weighted by Crippen LogP contribution is -2.40. The van der Waals surface area contributed by atoms with Crippen LogP contribution in [0.3, 0.4) is 0 Å². The topological polar surface area (TPSA) is 88.1 Å². The fraction of sp³-hybridized carbons (Fsp3) is 0.471. The summed E-state index contributed by atoms with van der Waals surface area (Å²) in [7, 11) is 0. The molecular weight excluding hydrogens is 459 g/mol. The van der Waals surface area contributed by atoms with E-state index in [1.807, 2.05) is 13.8 Å². The predicted molar refractivity (Wildman–Crippen MR) is 117 cm³/mol. The van der Waals surface area contributed by atoms with E-state index in [9.17, 15) is 13.8 Å². The van der Waals surface area contributed by atoms with E-state index in [0.717, 1.165) is 34.7 Å². The van der Waals surface area contributed by atoms with E-state index < -0.39 is 16.8 Å². The summed E-state index contributed by atoms with van der Waals surface area (Å²) in [5, 5.41) is 4.70. The molecule has 0 spiro atoms. The summed E-state index contributed by atoms with van der Waals surface area (Å²) in [6.45, 7) is 4.75. The van der Waals surface area contributed by atoms with Crippen molar-refractivity contribution in [2.45, 2.75) is 52.6 Å². The van der Waals surface area contributed by atoms with Crippen LogP contribution >= 0.6 is 34.5 Å². The Hall–Kier alpha value is -1.62. The van der Waals surface area contributed by atoms with Crippen LogP contribution in [0.4, 0.5) is 0 Å². The SMILES string of the molecule is CCCCn1c(=O)c2nn(S(=O)Oc3cc(Cl)c(Cl)s3)cc2n(CCCC)c1=O. The van der Waals surface area contributed by atoms with Gasteiger partial charge in [-0.25, -0.2) is 4.79 Å². The lowest BCUT2D eigenvalue weighted by molar-refractivity contribution is 0.532. The molecule has 0 aromatic carbocycles. The van der Waals surface area contributed by atoms with Gasteiger partial charge in [0.2, 0.25) is 0 Å². The summed E-state index contributed by atoms with van der Waals surface area (Å²) >= 11 is 10.7. The van der Waals surface area contributed by atoms with Crippen molar-refractivity contribution >= 4 is 56.8 Å². The maximum atomic E-state index is 12.9. The summed E-state index contributed by atoms with van der Waals surface area (Å²) in [5.41, 5.74) is -0.465. The van der Waals surface area contributed by atoms with Crippen molar-refractivity contribution in [3.63, 3.8) is 0 Å². The Morgan fingerprint density at radius 1 is 1.14 bits per heavy atom. The quantitative estimate of drug-likeness (QED) is 0.466. The van der Waals surface area contributed by atoms with Gasteiger partial charge >= 0.3 is 17.0 Å². The fourth-order valence-corrected chi connectivity index (χ4v) is 4.74. The summed E-state index contributed by atoms with van der Waals surface area (Å²) in [4.78, 5) is 25.7. The van der Waals surface area contributed by atoms with Crippen LogP contribution in [0.1, 0.15) is 39.5 Å². The summed E-state index contributed by atoms with van der Waals surface area (Å²) in [6.07, 6.45) is 4.58. The number of aromatic nitrogens is 4. The number of hydrogen-bond acceptors (Lipinski definition) is 6. The Balaban J connectivity index is 2.06.